The van der Waals surface area contributed by atoms with E-state index in [2.05, 4.69) is 103 Å². The minimum Gasteiger partial charge on any atom is -0.470 e. The summed E-state index contributed by atoms with van der Waals surface area (Å²) in [5.41, 5.74) is 8.38. The lowest BCUT2D eigenvalue weighted by Gasteiger charge is -2.52. The molecule has 3 aliphatic heterocycles. The van der Waals surface area contributed by atoms with Crippen molar-refractivity contribution in [1.82, 2.24) is 15.3 Å². The summed E-state index contributed by atoms with van der Waals surface area (Å²) in [6, 6.07) is 22.7. The molecule has 6 rings (SSSR count). The Hall–Kier alpha value is -2.82. The average molecular weight is 426 g/mol. The summed E-state index contributed by atoms with van der Waals surface area (Å²) in [7, 11) is 0. The summed E-state index contributed by atoms with van der Waals surface area (Å²) in [4.78, 5) is 2.56. The number of hydrogen-bond acceptors (Lipinski definition) is 4. The highest BCUT2D eigenvalue weighted by molar-refractivity contribution is 5.86. The maximum atomic E-state index is 6.82. The van der Waals surface area contributed by atoms with Crippen LogP contribution in [0.3, 0.4) is 0 Å². The summed E-state index contributed by atoms with van der Waals surface area (Å²) < 4.78 is 6.82. The summed E-state index contributed by atoms with van der Waals surface area (Å²) in [6.45, 7) is 8.83. The quantitative estimate of drug-likeness (QED) is 0.575. The van der Waals surface area contributed by atoms with Gasteiger partial charge in [0.25, 0.3) is 0 Å². The van der Waals surface area contributed by atoms with Gasteiger partial charge in [-0.25, -0.2) is 0 Å². The fraction of sp³-hybridized carbons (Fsp3) is 0.357. The number of ether oxygens (including phenoxy) is 1. The van der Waals surface area contributed by atoms with Crippen molar-refractivity contribution < 1.29 is 4.74 Å². The van der Waals surface area contributed by atoms with Gasteiger partial charge in [-0.3, -0.25) is 0 Å². The van der Waals surface area contributed by atoms with Gasteiger partial charge in [0.15, 0.2) is 5.72 Å². The molecule has 3 aromatic carbocycles. The molecule has 0 aliphatic carbocycles. The first-order valence-electron chi connectivity index (χ1n) is 11.8. The predicted octanol–water partition coefficient (Wildman–Crippen LogP) is 5.64. The molecule has 32 heavy (non-hydrogen) atoms. The van der Waals surface area contributed by atoms with E-state index in [9.17, 15) is 0 Å². The van der Waals surface area contributed by atoms with E-state index in [1.807, 2.05) is 0 Å². The lowest BCUT2D eigenvalue weighted by atomic mass is 9.91. The molecule has 1 N–H and O–H groups in total. The molecule has 0 radical (unpaired) electrons. The Morgan fingerprint density at radius 2 is 1.75 bits per heavy atom. The van der Waals surface area contributed by atoms with Gasteiger partial charge in [-0.1, -0.05) is 54.1 Å². The van der Waals surface area contributed by atoms with Crippen molar-refractivity contribution in [2.24, 2.45) is 0 Å². The largest absolute Gasteiger partial charge is 0.470 e. The second-order valence-corrected chi connectivity index (χ2v) is 9.79. The molecule has 3 heterocycles. The van der Waals surface area contributed by atoms with Crippen molar-refractivity contribution in [1.29, 1.82) is 0 Å². The zero-order valence-corrected chi connectivity index (χ0v) is 19.1. The fourth-order valence-electron chi connectivity index (χ4n) is 5.55. The maximum absolute atomic E-state index is 6.82. The zero-order chi connectivity index (χ0) is 21.9. The number of rotatable bonds is 2. The smallest absolute Gasteiger partial charge is 0.182 e. The van der Waals surface area contributed by atoms with E-state index >= 15 is 0 Å². The molecule has 1 saturated heterocycles. The van der Waals surface area contributed by atoms with Crippen LogP contribution in [0.25, 0.3) is 16.5 Å². The fourth-order valence-corrected chi connectivity index (χ4v) is 5.55. The van der Waals surface area contributed by atoms with Crippen molar-refractivity contribution >= 4 is 16.5 Å². The SMILES string of the molecule is Cc1ccc2c(c1)[C@@H]1C=C(c3ccc4ccccc4c3)NN1C1(CCN(C(C)C)CC1)O2. The Kier molecular flexibility index (Phi) is 4.56. The van der Waals surface area contributed by atoms with Gasteiger partial charge in [0.1, 0.15) is 5.75 Å². The minimum atomic E-state index is -0.326. The van der Waals surface area contributed by atoms with Crippen LogP contribution in [0.15, 0.2) is 66.7 Å². The van der Waals surface area contributed by atoms with E-state index < -0.39 is 0 Å². The van der Waals surface area contributed by atoms with E-state index in [0.717, 1.165) is 31.7 Å². The Balaban J connectivity index is 1.40. The molecule has 1 spiro atoms. The van der Waals surface area contributed by atoms with E-state index in [0.29, 0.717) is 6.04 Å². The molecule has 0 bridgehead atoms. The van der Waals surface area contributed by atoms with Crippen LogP contribution in [0.2, 0.25) is 0 Å². The normalized spacial score (nSPS) is 22.4. The second kappa shape index (κ2) is 7.36. The number of fused-ring (bicyclic) bond motifs is 5. The molecule has 3 aliphatic rings. The molecule has 0 unspecified atom stereocenters. The summed E-state index contributed by atoms with van der Waals surface area (Å²) >= 11 is 0. The number of hydrazine groups is 1. The molecule has 0 aromatic heterocycles. The van der Waals surface area contributed by atoms with Gasteiger partial charge in [0, 0.05) is 37.5 Å². The molecule has 4 heteroatoms. The van der Waals surface area contributed by atoms with Crippen molar-refractivity contribution in [2.75, 3.05) is 13.1 Å². The summed E-state index contributed by atoms with van der Waals surface area (Å²) in [6.07, 6.45) is 4.36. The first-order valence-corrected chi connectivity index (χ1v) is 11.8. The zero-order valence-electron chi connectivity index (χ0n) is 19.1. The number of hydrogen-bond donors (Lipinski definition) is 1. The third-order valence-corrected chi connectivity index (χ3v) is 7.44. The number of aryl methyl sites for hydroxylation is 1. The predicted molar refractivity (Wildman–Crippen MR) is 130 cm³/mol. The lowest BCUT2D eigenvalue weighted by Crippen LogP contribution is -2.64. The van der Waals surface area contributed by atoms with Crippen molar-refractivity contribution in [3.8, 4) is 5.75 Å². The third kappa shape index (κ3) is 3.13. The van der Waals surface area contributed by atoms with Gasteiger partial charge in [-0.15, -0.1) is 0 Å². The minimum absolute atomic E-state index is 0.172. The molecule has 1 fully saturated rings. The Labute approximate surface area is 190 Å². The molecule has 164 valence electrons. The molecular formula is C28H31N3O. The Morgan fingerprint density at radius 3 is 2.53 bits per heavy atom. The van der Waals surface area contributed by atoms with Crippen LogP contribution in [0.1, 0.15) is 49.4 Å². The van der Waals surface area contributed by atoms with Crippen molar-refractivity contribution in [3.63, 3.8) is 0 Å². The van der Waals surface area contributed by atoms with Crippen LogP contribution >= 0.6 is 0 Å². The Morgan fingerprint density at radius 1 is 0.969 bits per heavy atom. The number of likely N-dealkylation sites (tertiary alicyclic amines) is 1. The van der Waals surface area contributed by atoms with Crippen LogP contribution in [0.4, 0.5) is 0 Å². The Bertz CT molecular complexity index is 1210. The van der Waals surface area contributed by atoms with E-state index in [1.54, 1.807) is 0 Å². The number of nitrogens with one attached hydrogen (secondary N) is 1. The highest BCUT2D eigenvalue weighted by Crippen LogP contribution is 2.48. The van der Waals surface area contributed by atoms with Gasteiger partial charge < -0.3 is 15.1 Å². The molecule has 4 nitrogen and oxygen atoms in total. The van der Waals surface area contributed by atoms with E-state index in [4.69, 9.17) is 4.74 Å². The molecule has 1 atom stereocenters. The van der Waals surface area contributed by atoms with Gasteiger partial charge in [-0.05, 0) is 55.3 Å². The van der Waals surface area contributed by atoms with Crippen LogP contribution in [0.5, 0.6) is 5.75 Å². The van der Waals surface area contributed by atoms with Crippen molar-refractivity contribution in [3.05, 3.63) is 83.4 Å². The number of piperidine rings is 1. The number of benzene rings is 3. The van der Waals surface area contributed by atoms with Crippen molar-refractivity contribution in [2.45, 2.75) is 51.4 Å². The molecule has 0 amide bonds. The first kappa shape index (κ1) is 19.8. The molecular weight excluding hydrogens is 394 g/mol. The third-order valence-electron chi connectivity index (χ3n) is 7.44. The van der Waals surface area contributed by atoms with E-state index in [1.165, 1.54) is 33.2 Å². The van der Waals surface area contributed by atoms with Gasteiger partial charge in [-0.2, -0.15) is 5.01 Å². The molecule has 3 aromatic rings. The van der Waals surface area contributed by atoms with Gasteiger partial charge in [0.2, 0.25) is 0 Å². The average Bonchev–Trinajstić information content (AvgIpc) is 3.27. The van der Waals surface area contributed by atoms with Gasteiger partial charge >= 0.3 is 0 Å². The summed E-state index contributed by atoms with van der Waals surface area (Å²) in [5, 5.41) is 4.94. The van der Waals surface area contributed by atoms with Crippen LogP contribution in [-0.2, 0) is 0 Å². The van der Waals surface area contributed by atoms with Crippen LogP contribution < -0.4 is 10.2 Å². The lowest BCUT2D eigenvalue weighted by molar-refractivity contribution is -0.161. The second-order valence-electron chi connectivity index (χ2n) is 9.79. The monoisotopic (exact) mass is 425 g/mol. The maximum Gasteiger partial charge on any atom is 0.182 e. The van der Waals surface area contributed by atoms with Crippen LogP contribution in [-0.4, -0.2) is 34.8 Å². The first-order chi connectivity index (χ1) is 15.5. The van der Waals surface area contributed by atoms with Crippen LogP contribution in [0, 0.1) is 6.92 Å². The van der Waals surface area contributed by atoms with Gasteiger partial charge in [0.05, 0.1) is 11.7 Å². The topological polar surface area (TPSA) is 27.7 Å². The molecule has 0 saturated carbocycles. The highest BCUT2D eigenvalue weighted by atomic mass is 16.5. The number of nitrogens with zero attached hydrogens (tertiary/aromatic N) is 2. The highest BCUT2D eigenvalue weighted by Gasteiger charge is 2.51. The van der Waals surface area contributed by atoms with E-state index in [-0.39, 0.29) is 11.8 Å². The standard InChI is InChI=1S/C28H31N3O/c1-19(2)30-14-12-28(13-15-30)31-26(24-16-20(3)8-11-27(24)32-28)18-25(29-31)23-10-9-21-6-4-5-7-22(21)17-23/h4-11,16-19,26,29H,12-15H2,1-3H3/t26-/m0/s1. The summed E-state index contributed by atoms with van der Waals surface area (Å²) in [5.74, 6) is 1.03.